The summed E-state index contributed by atoms with van der Waals surface area (Å²) in [6, 6.07) is 0. The van der Waals surface area contributed by atoms with Crippen LogP contribution in [0.1, 0.15) is 40.5 Å². The average molecular weight is 160 g/mol. The summed E-state index contributed by atoms with van der Waals surface area (Å²) < 4.78 is 5.27. The van der Waals surface area contributed by atoms with Gasteiger partial charge in [-0.3, -0.25) is 0 Å². The minimum atomic E-state index is -0.579. The highest BCUT2D eigenvalue weighted by Crippen LogP contribution is 2.08. The lowest BCUT2D eigenvalue weighted by Crippen LogP contribution is -2.20. The van der Waals surface area contributed by atoms with E-state index in [1.54, 1.807) is 0 Å². The molecular weight excluding hydrogens is 140 g/mol. The molecule has 2 heteroatoms. The van der Waals surface area contributed by atoms with Crippen molar-refractivity contribution in [3.8, 4) is 0 Å². The summed E-state index contributed by atoms with van der Waals surface area (Å²) in [6.07, 6.45) is 1.27. The highest BCUT2D eigenvalue weighted by atomic mass is 16.6. The zero-order valence-electron chi connectivity index (χ0n) is 8.00. The molecule has 0 saturated carbocycles. The first-order valence-corrected chi connectivity index (χ1v) is 4.39. The van der Waals surface area contributed by atoms with E-state index in [2.05, 4.69) is 13.8 Å². The molecule has 0 aromatic carbocycles. The summed E-state index contributed by atoms with van der Waals surface area (Å²) >= 11 is 0. The maximum atomic E-state index is 9.30. The average Bonchev–Trinajstić information content (AvgIpc) is 1.85. The Morgan fingerprint density at radius 1 is 1.27 bits per heavy atom. The molecule has 0 saturated heterocycles. The van der Waals surface area contributed by atoms with Gasteiger partial charge in [-0.25, -0.2) is 0 Å². The molecule has 11 heavy (non-hydrogen) atoms. The largest absolute Gasteiger partial charge is 0.368 e. The topological polar surface area (TPSA) is 29.5 Å². The Balaban J connectivity index is 3.43. The van der Waals surface area contributed by atoms with E-state index in [0.29, 0.717) is 5.92 Å². The Bertz CT molecular complexity index is 91.6. The summed E-state index contributed by atoms with van der Waals surface area (Å²) in [5.74, 6) is 0.494. The van der Waals surface area contributed by atoms with Gasteiger partial charge in [-0.1, -0.05) is 20.8 Å². The van der Waals surface area contributed by atoms with Crippen LogP contribution in [0.25, 0.3) is 0 Å². The van der Waals surface area contributed by atoms with Gasteiger partial charge >= 0.3 is 0 Å². The number of hydrogen-bond donors (Lipinski definition) is 1. The lowest BCUT2D eigenvalue weighted by Gasteiger charge is -2.18. The molecule has 2 unspecified atom stereocenters. The Hall–Kier alpha value is -0.0800. The lowest BCUT2D eigenvalue weighted by molar-refractivity contribution is -0.139. The molecule has 2 nitrogen and oxygen atoms in total. The second-order valence-corrected chi connectivity index (χ2v) is 3.44. The van der Waals surface area contributed by atoms with E-state index in [0.717, 1.165) is 12.8 Å². The van der Waals surface area contributed by atoms with Crippen LogP contribution in [-0.4, -0.2) is 17.5 Å². The van der Waals surface area contributed by atoms with E-state index in [1.807, 2.05) is 13.8 Å². The monoisotopic (exact) mass is 160 g/mol. The Morgan fingerprint density at radius 3 is 2.18 bits per heavy atom. The van der Waals surface area contributed by atoms with E-state index >= 15 is 0 Å². The summed E-state index contributed by atoms with van der Waals surface area (Å²) in [4.78, 5) is 0. The molecule has 0 aromatic rings. The quantitative estimate of drug-likeness (QED) is 0.624. The predicted octanol–water partition coefficient (Wildman–Crippen LogP) is 2.17. The Labute approximate surface area is 69.6 Å². The van der Waals surface area contributed by atoms with Crippen molar-refractivity contribution in [2.75, 3.05) is 0 Å². The maximum Gasteiger partial charge on any atom is 0.155 e. The zero-order chi connectivity index (χ0) is 8.85. The third-order valence-electron chi connectivity index (χ3n) is 1.64. The molecule has 0 amide bonds. The second-order valence-electron chi connectivity index (χ2n) is 3.44. The molecule has 0 spiro atoms. The van der Waals surface area contributed by atoms with Crippen LogP contribution in [0.15, 0.2) is 0 Å². The van der Waals surface area contributed by atoms with E-state index < -0.39 is 6.29 Å². The highest BCUT2D eigenvalue weighted by molar-refractivity contribution is 4.51. The fourth-order valence-electron chi connectivity index (χ4n) is 0.823. The zero-order valence-corrected chi connectivity index (χ0v) is 8.00. The third kappa shape index (κ3) is 6.32. The number of rotatable bonds is 5. The first-order valence-electron chi connectivity index (χ1n) is 4.39. The summed E-state index contributed by atoms with van der Waals surface area (Å²) in [7, 11) is 0. The van der Waals surface area contributed by atoms with Crippen LogP contribution in [0.3, 0.4) is 0 Å². The summed E-state index contributed by atoms with van der Waals surface area (Å²) in [5.41, 5.74) is 0. The normalized spacial score (nSPS) is 16.9. The lowest BCUT2D eigenvalue weighted by atomic mass is 10.1. The van der Waals surface area contributed by atoms with Gasteiger partial charge < -0.3 is 9.84 Å². The number of hydrogen-bond acceptors (Lipinski definition) is 2. The van der Waals surface area contributed by atoms with E-state index in [9.17, 15) is 5.11 Å². The molecule has 0 aliphatic rings. The molecular formula is C9H20O2. The molecule has 0 bridgehead atoms. The van der Waals surface area contributed by atoms with Crippen molar-refractivity contribution < 1.29 is 9.84 Å². The minimum absolute atomic E-state index is 0.170. The Kier molecular flexibility index (Phi) is 5.51. The first kappa shape index (κ1) is 10.9. The minimum Gasteiger partial charge on any atom is -0.368 e. The second kappa shape index (κ2) is 5.56. The van der Waals surface area contributed by atoms with Gasteiger partial charge in [-0.05, 0) is 19.3 Å². The van der Waals surface area contributed by atoms with Gasteiger partial charge in [0.05, 0.1) is 6.10 Å². The van der Waals surface area contributed by atoms with Crippen molar-refractivity contribution >= 4 is 0 Å². The fourth-order valence-corrected chi connectivity index (χ4v) is 0.823. The smallest absolute Gasteiger partial charge is 0.155 e. The number of ether oxygens (including phenoxy) is 1. The van der Waals surface area contributed by atoms with Gasteiger partial charge in [0, 0.05) is 6.42 Å². The van der Waals surface area contributed by atoms with Crippen LogP contribution in [0, 0.1) is 5.92 Å². The molecule has 0 radical (unpaired) electrons. The van der Waals surface area contributed by atoms with Crippen LogP contribution in [0.2, 0.25) is 0 Å². The van der Waals surface area contributed by atoms with Crippen LogP contribution >= 0.6 is 0 Å². The van der Waals surface area contributed by atoms with E-state index in [-0.39, 0.29) is 6.10 Å². The van der Waals surface area contributed by atoms with Gasteiger partial charge in [0.2, 0.25) is 0 Å². The molecule has 0 heterocycles. The molecule has 0 aliphatic heterocycles. The van der Waals surface area contributed by atoms with E-state index in [4.69, 9.17) is 4.74 Å². The molecule has 1 N–H and O–H groups in total. The van der Waals surface area contributed by atoms with Gasteiger partial charge in [0.25, 0.3) is 0 Å². The third-order valence-corrected chi connectivity index (χ3v) is 1.64. The van der Waals surface area contributed by atoms with E-state index in [1.165, 1.54) is 0 Å². The maximum absolute atomic E-state index is 9.30. The van der Waals surface area contributed by atoms with Crippen LogP contribution in [0.5, 0.6) is 0 Å². The fraction of sp³-hybridized carbons (Fsp3) is 1.00. The van der Waals surface area contributed by atoms with Crippen molar-refractivity contribution in [3.05, 3.63) is 0 Å². The molecule has 0 rings (SSSR count). The van der Waals surface area contributed by atoms with Gasteiger partial charge in [-0.15, -0.1) is 0 Å². The van der Waals surface area contributed by atoms with Crippen molar-refractivity contribution in [2.24, 2.45) is 5.92 Å². The van der Waals surface area contributed by atoms with Gasteiger partial charge in [0.1, 0.15) is 0 Å². The molecule has 2 atom stereocenters. The SMILES string of the molecule is CCC(C)OC(O)CC(C)C. The van der Waals surface area contributed by atoms with Crippen LogP contribution < -0.4 is 0 Å². The van der Waals surface area contributed by atoms with Crippen LogP contribution in [-0.2, 0) is 4.74 Å². The first-order chi connectivity index (χ1) is 5.06. The Morgan fingerprint density at radius 2 is 1.82 bits per heavy atom. The summed E-state index contributed by atoms with van der Waals surface area (Å²) in [5, 5.41) is 9.30. The van der Waals surface area contributed by atoms with Crippen molar-refractivity contribution in [2.45, 2.75) is 52.9 Å². The molecule has 0 aromatic heterocycles. The number of aliphatic hydroxyl groups excluding tert-OH is 1. The molecule has 0 fully saturated rings. The van der Waals surface area contributed by atoms with Crippen molar-refractivity contribution in [3.63, 3.8) is 0 Å². The van der Waals surface area contributed by atoms with Gasteiger partial charge in [0.15, 0.2) is 6.29 Å². The summed E-state index contributed by atoms with van der Waals surface area (Å²) in [6.45, 7) is 8.17. The molecule has 68 valence electrons. The number of aliphatic hydroxyl groups is 1. The van der Waals surface area contributed by atoms with Gasteiger partial charge in [-0.2, -0.15) is 0 Å². The van der Waals surface area contributed by atoms with Crippen molar-refractivity contribution in [1.29, 1.82) is 0 Å². The molecule has 0 aliphatic carbocycles. The van der Waals surface area contributed by atoms with Crippen LogP contribution in [0.4, 0.5) is 0 Å². The highest BCUT2D eigenvalue weighted by Gasteiger charge is 2.09. The standard InChI is InChI=1S/C9H20O2/c1-5-8(4)11-9(10)6-7(2)3/h7-10H,5-6H2,1-4H3. The van der Waals surface area contributed by atoms with Crippen molar-refractivity contribution in [1.82, 2.24) is 0 Å². The predicted molar refractivity (Wildman–Crippen MR) is 46.3 cm³/mol.